The SMILES string of the molecule is Cc1cccnc1-c1cccc2c1Nc1ccccc1O2. The summed E-state index contributed by atoms with van der Waals surface area (Å²) >= 11 is 0. The number of para-hydroxylation sites is 3. The lowest BCUT2D eigenvalue weighted by Gasteiger charge is -2.24. The number of fused-ring (bicyclic) bond motifs is 2. The van der Waals surface area contributed by atoms with Gasteiger partial charge in [-0.05, 0) is 36.8 Å². The van der Waals surface area contributed by atoms with Gasteiger partial charge in [-0.1, -0.05) is 30.3 Å². The van der Waals surface area contributed by atoms with Gasteiger partial charge >= 0.3 is 0 Å². The standard InChI is InChI=1S/C18H14N2O/c1-12-6-5-11-19-17(12)13-7-4-10-16-18(13)20-14-8-2-3-9-15(14)21-16/h2-11,20H,1H3. The Morgan fingerprint density at radius 1 is 0.905 bits per heavy atom. The van der Waals surface area contributed by atoms with Crippen LogP contribution in [0.5, 0.6) is 11.5 Å². The predicted molar refractivity (Wildman–Crippen MR) is 84.2 cm³/mol. The van der Waals surface area contributed by atoms with Gasteiger partial charge in [0.25, 0.3) is 0 Å². The number of anilines is 2. The van der Waals surface area contributed by atoms with E-state index in [2.05, 4.69) is 29.4 Å². The number of pyridine rings is 1. The zero-order valence-corrected chi connectivity index (χ0v) is 11.6. The Kier molecular flexibility index (Phi) is 2.64. The number of nitrogens with zero attached hydrogens (tertiary/aromatic N) is 1. The topological polar surface area (TPSA) is 34.2 Å². The lowest BCUT2D eigenvalue weighted by atomic mass is 10.0. The highest BCUT2D eigenvalue weighted by Gasteiger charge is 2.20. The number of hydrogen-bond acceptors (Lipinski definition) is 3. The van der Waals surface area contributed by atoms with Crippen molar-refractivity contribution in [1.82, 2.24) is 4.98 Å². The van der Waals surface area contributed by atoms with Crippen LogP contribution in [0.1, 0.15) is 5.56 Å². The first kappa shape index (κ1) is 12.0. The molecule has 1 aliphatic rings. The molecule has 0 aliphatic carbocycles. The Morgan fingerprint density at radius 3 is 2.67 bits per heavy atom. The highest BCUT2D eigenvalue weighted by atomic mass is 16.5. The molecule has 0 bridgehead atoms. The fourth-order valence-electron chi connectivity index (χ4n) is 2.62. The van der Waals surface area contributed by atoms with Crippen LogP contribution in [0.4, 0.5) is 11.4 Å². The molecule has 0 fully saturated rings. The van der Waals surface area contributed by atoms with Gasteiger partial charge in [-0.15, -0.1) is 0 Å². The van der Waals surface area contributed by atoms with Crippen molar-refractivity contribution in [2.45, 2.75) is 6.92 Å². The maximum atomic E-state index is 5.99. The largest absolute Gasteiger partial charge is 0.453 e. The van der Waals surface area contributed by atoms with Gasteiger partial charge in [0.15, 0.2) is 11.5 Å². The zero-order chi connectivity index (χ0) is 14.2. The Morgan fingerprint density at radius 2 is 1.76 bits per heavy atom. The van der Waals surface area contributed by atoms with Crippen LogP contribution in [-0.2, 0) is 0 Å². The van der Waals surface area contributed by atoms with Crippen LogP contribution in [0.15, 0.2) is 60.8 Å². The van der Waals surface area contributed by atoms with E-state index in [1.54, 1.807) is 0 Å². The molecule has 2 aromatic carbocycles. The average molecular weight is 274 g/mol. The van der Waals surface area contributed by atoms with E-state index in [0.717, 1.165) is 39.7 Å². The van der Waals surface area contributed by atoms with Crippen molar-refractivity contribution in [3.63, 3.8) is 0 Å². The Hall–Kier alpha value is -2.81. The van der Waals surface area contributed by atoms with E-state index < -0.39 is 0 Å². The van der Waals surface area contributed by atoms with Gasteiger partial charge in [0, 0.05) is 11.8 Å². The molecule has 2 heterocycles. The van der Waals surface area contributed by atoms with Crippen molar-refractivity contribution in [3.8, 4) is 22.8 Å². The Balaban J connectivity index is 1.89. The zero-order valence-electron chi connectivity index (χ0n) is 11.6. The summed E-state index contributed by atoms with van der Waals surface area (Å²) in [6, 6.07) is 18.0. The van der Waals surface area contributed by atoms with E-state index in [0.29, 0.717) is 0 Å². The summed E-state index contributed by atoms with van der Waals surface area (Å²) in [5.41, 5.74) is 5.13. The molecule has 21 heavy (non-hydrogen) atoms. The fourth-order valence-corrected chi connectivity index (χ4v) is 2.62. The minimum Gasteiger partial charge on any atom is -0.453 e. The van der Waals surface area contributed by atoms with Crippen molar-refractivity contribution >= 4 is 11.4 Å². The number of ether oxygens (including phenoxy) is 1. The summed E-state index contributed by atoms with van der Waals surface area (Å²) in [5, 5.41) is 3.47. The van der Waals surface area contributed by atoms with E-state index in [4.69, 9.17) is 4.74 Å². The van der Waals surface area contributed by atoms with Gasteiger partial charge in [0.1, 0.15) is 0 Å². The van der Waals surface area contributed by atoms with Crippen molar-refractivity contribution in [2.75, 3.05) is 5.32 Å². The second-order valence-corrected chi connectivity index (χ2v) is 5.07. The molecule has 0 unspecified atom stereocenters. The maximum absolute atomic E-state index is 5.99. The summed E-state index contributed by atoms with van der Waals surface area (Å²) in [4.78, 5) is 4.52. The van der Waals surface area contributed by atoms with E-state index in [-0.39, 0.29) is 0 Å². The third-order valence-corrected chi connectivity index (χ3v) is 3.66. The average Bonchev–Trinajstić information content (AvgIpc) is 2.53. The second-order valence-electron chi connectivity index (χ2n) is 5.07. The maximum Gasteiger partial charge on any atom is 0.151 e. The molecular formula is C18H14N2O. The van der Waals surface area contributed by atoms with E-state index in [9.17, 15) is 0 Å². The molecule has 0 amide bonds. The molecule has 3 heteroatoms. The first-order chi connectivity index (χ1) is 10.3. The minimum absolute atomic E-state index is 0.830. The number of aromatic nitrogens is 1. The molecule has 1 N–H and O–H groups in total. The Bertz CT molecular complexity index is 827. The summed E-state index contributed by atoms with van der Waals surface area (Å²) in [6.07, 6.45) is 1.82. The molecule has 1 aromatic heterocycles. The van der Waals surface area contributed by atoms with E-state index >= 15 is 0 Å². The molecule has 3 aromatic rings. The van der Waals surface area contributed by atoms with Gasteiger partial charge in [0.05, 0.1) is 17.1 Å². The fraction of sp³-hybridized carbons (Fsp3) is 0.0556. The molecule has 3 nitrogen and oxygen atoms in total. The molecule has 0 saturated carbocycles. The van der Waals surface area contributed by atoms with Crippen LogP contribution in [0.25, 0.3) is 11.3 Å². The monoisotopic (exact) mass is 274 g/mol. The number of nitrogens with one attached hydrogen (secondary N) is 1. The van der Waals surface area contributed by atoms with Crippen molar-refractivity contribution < 1.29 is 4.74 Å². The molecule has 1 aliphatic heterocycles. The normalized spacial score (nSPS) is 11.9. The summed E-state index contributed by atoms with van der Waals surface area (Å²) < 4.78 is 5.99. The van der Waals surface area contributed by atoms with Crippen LogP contribution in [0, 0.1) is 6.92 Å². The van der Waals surface area contributed by atoms with E-state index in [1.165, 1.54) is 0 Å². The van der Waals surface area contributed by atoms with Crippen LogP contribution in [-0.4, -0.2) is 4.98 Å². The van der Waals surface area contributed by atoms with Gasteiger partial charge in [-0.25, -0.2) is 0 Å². The smallest absolute Gasteiger partial charge is 0.151 e. The quantitative estimate of drug-likeness (QED) is 0.535. The van der Waals surface area contributed by atoms with Crippen LogP contribution in [0.3, 0.4) is 0 Å². The highest BCUT2D eigenvalue weighted by Crippen LogP contribution is 2.46. The molecule has 0 radical (unpaired) electrons. The first-order valence-corrected chi connectivity index (χ1v) is 6.92. The summed E-state index contributed by atoms with van der Waals surface area (Å²) in [7, 11) is 0. The third kappa shape index (κ3) is 1.94. The molecule has 102 valence electrons. The number of rotatable bonds is 1. The minimum atomic E-state index is 0.830. The second kappa shape index (κ2) is 4.63. The van der Waals surface area contributed by atoms with Crippen LogP contribution in [0.2, 0.25) is 0 Å². The highest BCUT2D eigenvalue weighted by molar-refractivity contribution is 5.88. The number of hydrogen-bond donors (Lipinski definition) is 1. The molecule has 0 saturated heterocycles. The molecule has 4 rings (SSSR count). The molecular weight excluding hydrogens is 260 g/mol. The Labute approximate surface area is 123 Å². The molecule has 0 atom stereocenters. The lowest BCUT2D eigenvalue weighted by Crippen LogP contribution is -2.04. The van der Waals surface area contributed by atoms with Gasteiger partial charge in [-0.3, -0.25) is 4.98 Å². The lowest BCUT2D eigenvalue weighted by molar-refractivity contribution is 0.481. The number of aryl methyl sites for hydroxylation is 1. The van der Waals surface area contributed by atoms with Crippen molar-refractivity contribution in [2.24, 2.45) is 0 Å². The third-order valence-electron chi connectivity index (χ3n) is 3.66. The van der Waals surface area contributed by atoms with Crippen molar-refractivity contribution in [1.29, 1.82) is 0 Å². The number of benzene rings is 2. The molecule has 0 spiro atoms. The summed E-state index contributed by atoms with van der Waals surface area (Å²) in [6.45, 7) is 2.07. The predicted octanol–water partition coefficient (Wildman–Crippen LogP) is 4.91. The first-order valence-electron chi connectivity index (χ1n) is 6.92. The van der Waals surface area contributed by atoms with Gasteiger partial charge in [-0.2, -0.15) is 0 Å². The van der Waals surface area contributed by atoms with Crippen LogP contribution < -0.4 is 10.1 Å². The van der Waals surface area contributed by atoms with Gasteiger partial charge in [0.2, 0.25) is 0 Å². The van der Waals surface area contributed by atoms with Gasteiger partial charge < -0.3 is 10.1 Å². The van der Waals surface area contributed by atoms with E-state index in [1.807, 2.05) is 48.7 Å². The summed E-state index contributed by atoms with van der Waals surface area (Å²) in [5.74, 6) is 1.68. The van der Waals surface area contributed by atoms with Crippen molar-refractivity contribution in [3.05, 3.63) is 66.4 Å². The van der Waals surface area contributed by atoms with Crippen LogP contribution >= 0.6 is 0 Å².